The number of nitrogens with one attached hydrogen (secondary N) is 1. The fourth-order valence-electron chi connectivity index (χ4n) is 3.39. The van der Waals surface area contributed by atoms with E-state index in [1.165, 1.54) is 7.11 Å². The summed E-state index contributed by atoms with van der Waals surface area (Å²) in [6.45, 7) is 2.70. The Hall–Kier alpha value is -2.97. The predicted octanol–water partition coefficient (Wildman–Crippen LogP) is 3.41. The molecule has 158 valence electrons. The van der Waals surface area contributed by atoms with E-state index in [1.54, 1.807) is 19.2 Å². The summed E-state index contributed by atoms with van der Waals surface area (Å²) in [5.41, 5.74) is 3.41. The highest BCUT2D eigenvalue weighted by molar-refractivity contribution is 5.93. The average molecular weight is 411 g/mol. The van der Waals surface area contributed by atoms with Crippen LogP contribution in [0.25, 0.3) is 5.57 Å². The summed E-state index contributed by atoms with van der Waals surface area (Å²) < 4.78 is 16.1. The maximum atomic E-state index is 12.3. The second-order valence-corrected chi connectivity index (χ2v) is 7.34. The lowest BCUT2D eigenvalue weighted by molar-refractivity contribution is -0.00000558. The highest BCUT2D eigenvalue weighted by atomic mass is 16.6. The molecule has 2 aromatic rings. The van der Waals surface area contributed by atoms with Crippen molar-refractivity contribution in [3.63, 3.8) is 0 Å². The number of benzene rings is 1. The number of para-hydroxylation sites is 1. The topological polar surface area (TPSA) is 103 Å². The lowest BCUT2D eigenvalue weighted by Crippen LogP contribution is -2.15. The molecule has 1 aliphatic heterocycles. The molecule has 0 amide bonds. The van der Waals surface area contributed by atoms with Gasteiger partial charge in [0.05, 0.1) is 37.9 Å². The maximum Gasteiger partial charge on any atom is 0.360 e. The molecule has 1 aromatic carbocycles. The van der Waals surface area contributed by atoms with Crippen LogP contribution in [-0.2, 0) is 9.47 Å². The molecule has 1 saturated carbocycles. The van der Waals surface area contributed by atoms with Crippen molar-refractivity contribution in [2.45, 2.75) is 38.4 Å². The van der Waals surface area contributed by atoms with Gasteiger partial charge in [-0.05, 0) is 37.8 Å². The number of ether oxygens (including phenoxy) is 3. The zero-order chi connectivity index (χ0) is 21.1. The molecular weight excluding hydrogens is 386 g/mol. The van der Waals surface area contributed by atoms with Crippen LogP contribution >= 0.6 is 0 Å². The van der Waals surface area contributed by atoms with Gasteiger partial charge in [-0.3, -0.25) is 0 Å². The number of hydrogen-bond donors (Lipinski definition) is 2. The van der Waals surface area contributed by atoms with E-state index in [0.717, 1.165) is 36.1 Å². The number of rotatable bonds is 7. The van der Waals surface area contributed by atoms with Crippen molar-refractivity contribution in [3.05, 3.63) is 47.4 Å². The number of carbonyl (C=O) groups is 1. The Morgan fingerprint density at radius 2 is 2.20 bits per heavy atom. The van der Waals surface area contributed by atoms with Crippen LogP contribution in [0.1, 0.15) is 53.8 Å². The molecule has 1 atom stereocenters. The Kier molecular flexibility index (Phi) is 5.96. The van der Waals surface area contributed by atoms with Crippen LogP contribution in [0.15, 0.2) is 30.5 Å². The molecule has 8 nitrogen and oxygen atoms in total. The fourth-order valence-corrected chi connectivity index (χ4v) is 3.39. The van der Waals surface area contributed by atoms with Crippen LogP contribution in [0.5, 0.6) is 5.75 Å². The maximum absolute atomic E-state index is 12.3. The molecule has 0 spiro atoms. The first-order valence-corrected chi connectivity index (χ1v) is 10.0. The van der Waals surface area contributed by atoms with Crippen molar-refractivity contribution in [1.82, 2.24) is 9.97 Å². The average Bonchev–Trinajstić information content (AvgIpc) is 3.60. The quantitative estimate of drug-likeness (QED) is 0.528. The first kappa shape index (κ1) is 20.3. The number of aliphatic hydroxyl groups is 1. The van der Waals surface area contributed by atoms with E-state index in [9.17, 15) is 9.90 Å². The second-order valence-electron chi connectivity index (χ2n) is 7.34. The lowest BCUT2D eigenvalue weighted by atomic mass is 9.99. The monoisotopic (exact) mass is 411 g/mol. The predicted molar refractivity (Wildman–Crippen MR) is 111 cm³/mol. The zero-order valence-corrected chi connectivity index (χ0v) is 17.1. The van der Waals surface area contributed by atoms with Gasteiger partial charge in [-0.2, -0.15) is 0 Å². The summed E-state index contributed by atoms with van der Waals surface area (Å²) in [5, 5.41) is 13.1. The van der Waals surface area contributed by atoms with E-state index < -0.39 is 12.3 Å². The molecule has 1 aromatic heterocycles. The van der Waals surface area contributed by atoms with Crippen LogP contribution in [-0.4, -0.2) is 47.7 Å². The molecular formula is C22H25N3O5. The largest absolute Gasteiger partial charge is 0.464 e. The van der Waals surface area contributed by atoms with Crippen molar-refractivity contribution in [3.8, 4) is 5.75 Å². The molecule has 0 bridgehead atoms. The SMILES string of the molecule is COC(=O)c1nc(C2CC2)cnc1Nc1cccc(C2=CCOCC2)c1O[C@@H](C)O. The minimum Gasteiger partial charge on any atom is -0.464 e. The minimum absolute atomic E-state index is 0.126. The van der Waals surface area contributed by atoms with Gasteiger partial charge < -0.3 is 24.6 Å². The summed E-state index contributed by atoms with van der Waals surface area (Å²) in [7, 11) is 1.32. The third-order valence-corrected chi connectivity index (χ3v) is 5.03. The minimum atomic E-state index is -1.02. The summed E-state index contributed by atoms with van der Waals surface area (Å²) in [5.74, 6) is 0.547. The van der Waals surface area contributed by atoms with Crippen LogP contribution in [0.4, 0.5) is 11.5 Å². The van der Waals surface area contributed by atoms with Crippen LogP contribution in [0.3, 0.4) is 0 Å². The van der Waals surface area contributed by atoms with Gasteiger partial charge >= 0.3 is 5.97 Å². The van der Waals surface area contributed by atoms with Crippen molar-refractivity contribution in [2.24, 2.45) is 0 Å². The molecule has 2 heterocycles. The molecule has 2 N–H and O–H groups in total. The van der Waals surface area contributed by atoms with Crippen molar-refractivity contribution in [2.75, 3.05) is 25.6 Å². The Bertz CT molecular complexity index is 969. The Balaban J connectivity index is 1.73. The van der Waals surface area contributed by atoms with E-state index in [2.05, 4.69) is 15.3 Å². The second kappa shape index (κ2) is 8.81. The summed E-state index contributed by atoms with van der Waals surface area (Å²) in [6.07, 6.45) is 5.51. The third kappa shape index (κ3) is 4.44. The van der Waals surface area contributed by atoms with Gasteiger partial charge in [0.15, 0.2) is 23.6 Å². The first-order valence-electron chi connectivity index (χ1n) is 10.0. The molecule has 0 unspecified atom stereocenters. The lowest BCUT2D eigenvalue weighted by Gasteiger charge is -2.21. The van der Waals surface area contributed by atoms with Crippen LogP contribution in [0.2, 0.25) is 0 Å². The Morgan fingerprint density at radius 3 is 2.87 bits per heavy atom. The van der Waals surface area contributed by atoms with Gasteiger partial charge in [-0.1, -0.05) is 18.2 Å². The summed E-state index contributed by atoms with van der Waals surface area (Å²) >= 11 is 0. The molecule has 30 heavy (non-hydrogen) atoms. The number of aliphatic hydroxyl groups excluding tert-OH is 1. The Labute approximate surface area is 174 Å². The van der Waals surface area contributed by atoms with Gasteiger partial charge in [-0.15, -0.1) is 0 Å². The van der Waals surface area contributed by atoms with E-state index >= 15 is 0 Å². The van der Waals surface area contributed by atoms with Gasteiger partial charge in [0.1, 0.15) is 0 Å². The third-order valence-electron chi connectivity index (χ3n) is 5.03. The van der Waals surface area contributed by atoms with Crippen LogP contribution in [0, 0.1) is 0 Å². The number of methoxy groups -OCH3 is 1. The van der Waals surface area contributed by atoms with Crippen molar-refractivity contribution >= 4 is 23.0 Å². The molecule has 8 heteroatoms. The number of anilines is 2. The summed E-state index contributed by atoms with van der Waals surface area (Å²) in [6, 6.07) is 5.62. The van der Waals surface area contributed by atoms with Gasteiger partial charge in [-0.25, -0.2) is 14.8 Å². The normalized spacial score (nSPS) is 17.1. The highest BCUT2D eigenvalue weighted by Crippen LogP contribution is 2.40. The summed E-state index contributed by atoms with van der Waals surface area (Å²) in [4.78, 5) is 21.3. The number of nitrogens with zero attached hydrogens (tertiary/aromatic N) is 2. The number of carbonyl (C=O) groups excluding carboxylic acids is 1. The number of hydrogen-bond acceptors (Lipinski definition) is 8. The first-order chi connectivity index (χ1) is 14.6. The van der Waals surface area contributed by atoms with Crippen LogP contribution < -0.4 is 10.1 Å². The highest BCUT2D eigenvalue weighted by Gasteiger charge is 2.28. The Morgan fingerprint density at radius 1 is 1.37 bits per heavy atom. The van der Waals surface area contributed by atoms with E-state index in [0.29, 0.717) is 30.6 Å². The van der Waals surface area contributed by atoms with Gasteiger partial charge in [0, 0.05) is 11.5 Å². The molecule has 0 radical (unpaired) electrons. The number of esters is 1. The molecule has 1 fully saturated rings. The fraction of sp³-hybridized carbons (Fsp3) is 0.409. The molecule has 1 aliphatic carbocycles. The molecule has 4 rings (SSSR count). The van der Waals surface area contributed by atoms with Gasteiger partial charge in [0.25, 0.3) is 0 Å². The standard InChI is InChI=1S/C22H25N3O5/c1-13(26)30-20-16(14-8-10-29-11-9-14)4-3-5-17(20)25-21-19(22(27)28-2)24-18(12-23-21)15-6-7-15/h3-5,8,12-13,15,26H,6-7,9-11H2,1-2H3,(H,23,25)/t13-/m0/s1. The van der Waals surface area contributed by atoms with E-state index in [-0.39, 0.29) is 11.5 Å². The van der Waals surface area contributed by atoms with E-state index in [1.807, 2.05) is 18.2 Å². The van der Waals surface area contributed by atoms with E-state index in [4.69, 9.17) is 14.2 Å². The number of aromatic nitrogens is 2. The molecule has 0 saturated heterocycles. The zero-order valence-electron chi connectivity index (χ0n) is 17.1. The molecule has 2 aliphatic rings. The smallest absolute Gasteiger partial charge is 0.360 e. The van der Waals surface area contributed by atoms with Crippen molar-refractivity contribution < 1.29 is 24.1 Å². The van der Waals surface area contributed by atoms with Crippen molar-refractivity contribution in [1.29, 1.82) is 0 Å². The van der Waals surface area contributed by atoms with Gasteiger partial charge in [0.2, 0.25) is 0 Å².